The molecule has 0 saturated carbocycles. The molecule has 0 aliphatic carbocycles. The average Bonchev–Trinajstić information content (AvgIpc) is 2.69. The van der Waals surface area contributed by atoms with E-state index in [9.17, 15) is 4.79 Å². The number of piperazine rings is 1. The predicted octanol–water partition coefficient (Wildman–Crippen LogP) is 3.84. The molecular formula is C22H30Cl2N2O2. The molecule has 6 heteroatoms. The van der Waals surface area contributed by atoms with Crippen molar-refractivity contribution in [1.82, 2.24) is 9.80 Å². The fourth-order valence-corrected chi connectivity index (χ4v) is 3.38. The summed E-state index contributed by atoms with van der Waals surface area (Å²) >= 11 is 0. The summed E-state index contributed by atoms with van der Waals surface area (Å²) in [6.07, 6.45) is 0.372. The summed E-state index contributed by atoms with van der Waals surface area (Å²) in [6, 6.07) is 20.4. The number of benzene rings is 2. The van der Waals surface area contributed by atoms with Crippen LogP contribution in [0.1, 0.15) is 23.5 Å². The molecule has 1 heterocycles. The Hall–Kier alpha value is -1.59. The lowest BCUT2D eigenvalue weighted by Crippen LogP contribution is -2.45. The van der Waals surface area contributed by atoms with Gasteiger partial charge in [0.1, 0.15) is 6.61 Å². The lowest BCUT2D eigenvalue weighted by molar-refractivity contribution is -0.144. The zero-order chi connectivity index (χ0) is 18.2. The number of rotatable bonds is 7. The van der Waals surface area contributed by atoms with Crippen molar-refractivity contribution in [2.24, 2.45) is 0 Å². The van der Waals surface area contributed by atoms with E-state index in [4.69, 9.17) is 4.74 Å². The minimum absolute atomic E-state index is 0. The van der Waals surface area contributed by atoms with E-state index in [-0.39, 0.29) is 36.7 Å². The molecule has 1 fully saturated rings. The van der Waals surface area contributed by atoms with Gasteiger partial charge in [-0.25, -0.2) is 0 Å². The van der Waals surface area contributed by atoms with Crippen LogP contribution in [0.25, 0.3) is 0 Å². The first-order valence-electron chi connectivity index (χ1n) is 9.39. The molecule has 0 radical (unpaired) electrons. The normalized spacial score (nSPS) is 14.8. The molecule has 0 N–H and O–H groups in total. The summed E-state index contributed by atoms with van der Waals surface area (Å²) in [5, 5.41) is 0. The van der Waals surface area contributed by atoms with Crippen LogP contribution >= 0.6 is 24.8 Å². The number of nitrogens with zero attached hydrogens (tertiary/aromatic N) is 2. The smallest absolute Gasteiger partial charge is 0.306 e. The van der Waals surface area contributed by atoms with Gasteiger partial charge in [0.2, 0.25) is 0 Å². The van der Waals surface area contributed by atoms with E-state index < -0.39 is 0 Å². The van der Waals surface area contributed by atoms with Gasteiger partial charge in [-0.2, -0.15) is 0 Å². The second-order valence-electron chi connectivity index (χ2n) is 6.94. The maximum atomic E-state index is 12.4. The summed E-state index contributed by atoms with van der Waals surface area (Å²) in [4.78, 5) is 17.1. The van der Waals surface area contributed by atoms with Gasteiger partial charge in [0.15, 0.2) is 0 Å². The molecule has 1 aliphatic rings. The molecule has 0 unspecified atom stereocenters. The lowest BCUT2D eigenvalue weighted by Gasteiger charge is -2.32. The van der Waals surface area contributed by atoms with Crippen LogP contribution in [0.4, 0.5) is 0 Å². The topological polar surface area (TPSA) is 32.8 Å². The highest BCUT2D eigenvalue weighted by molar-refractivity contribution is 5.85. The Kier molecular flexibility index (Phi) is 11.2. The predicted molar refractivity (Wildman–Crippen MR) is 119 cm³/mol. The molecule has 2 aromatic rings. The summed E-state index contributed by atoms with van der Waals surface area (Å²) in [5.74, 6) is -0.0923. The molecule has 0 spiro atoms. The second kappa shape index (κ2) is 12.8. The number of likely N-dealkylation sites (N-methyl/N-ethyl adjacent to an activating group) is 1. The SMILES string of the molecule is CN1CCN(CCOC(=O)CC(c2ccccc2)c2ccccc2)CC1.Cl.Cl. The highest BCUT2D eigenvalue weighted by Gasteiger charge is 2.19. The van der Waals surface area contributed by atoms with Crippen LogP contribution in [0.15, 0.2) is 60.7 Å². The molecule has 0 atom stereocenters. The molecule has 2 aromatic carbocycles. The Balaban J connectivity index is 0.00000196. The Morgan fingerprint density at radius 1 is 0.893 bits per heavy atom. The fraction of sp³-hybridized carbons (Fsp3) is 0.409. The third-order valence-electron chi connectivity index (χ3n) is 5.04. The third kappa shape index (κ3) is 7.44. The van der Waals surface area contributed by atoms with Crippen LogP contribution in [0, 0.1) is 0 Å². The number of carbonyl (C=O) groups excluding carboxylic acids is 1. The largest absolute Gasteiger partial charge is 0.464 e. The first-order chi connectivity index (χ1) is 12.7. The van der Waals surface area contributed by atoms with Crippen molar-refractivity contribution < 1.29 is 9.53 Å². The summed E-state index contributed by atoms with van der Waals surface area (Å²) < 4.78 is 5.55. The van der Waals surface area contributed by atoms with Crippen LogP contribution in [0.2, 0.25) is 0 Å². The van der Waals surface area contributed by atoms with E-state index in [1.54, 1.807) is 0 Å². The van der Waals surface area contributed by atoms with E-state index in [0.29, 0.717) is 13.0 Å². The van der Waals surface area contributed by atoms with Crippen molar-refractivity contribution in [3.63, 3.8) is 0 Å². The summed E-state index contributed by atoms with van der Waals surface area (Å²) in [6.45, 7) is 5.55. The molecular weight excluding hydrogens is 395 g/mol. The molecule has 28 heavy (non-hydrogen) atoms. The van der Waals surface area contributed by atoms with Crippen molar-refractivity contribution >= 4 is 30.8 Å². The number of esters is 1. The first kappa shape index (κ1) is 24.4. The number of ether oxygens (including phenoxy) is 1. The van der Waals surface area contributed by atoms with E-state index in [2.05, 4.69) is 41.1 Å². The molecule has 154 valence electrons. The maximum absolute atomic E-state index is 12.4. The van der Waals surface area contributed by atoms with Crippen molar-refractivity contribution in [2.45, 2.75) is 12.3 Å². The van der Waals surface area contributed by atoms with Gasteiger partial charge in [-0.15, -0.1) is 24.8 Å². The highest BCUT2D eigenvalue weighted by Crippen LogP contribution is 2.28. The first-order valence-corrected chi connectivity index (χ1v) is 9.39. The molecule has 0 bridgehead atoms. The zero-order valence-electron chi connectivity index (χ0n) is 16.3. The van der Waals surface area contributed by atoms with Crippen LogP contribution in [-0.2, 0) is 9.53 Å². The minimum Gasteiger partial charge on any atom is -0.464 e. The van der Waals surface area contributed by atoms with E-state index in [1.165, 1.54) is 0 Å². The molecule has 1 aliphatic heterocycles. The molecule has 0 amide bonds. The highest BCUT2D eigenvalue weighted by atomic mass is 35.5. The Morgan fingerprint density at radius 2 is 1.39 bits per heavy atom. The zero-order valence-corrected chi connectivity index (χ0v) is 18.0. The monoisotopic (exact) mass is 424 g/mol. The van der Waals surface area contributed by atoms with Gasteiger partial charge >= 0.3 is 5.97 Å². The molecule has 4 nitrogen and oxygen atoms in total. The number of halogens is 2. The second-order valence-corrected chi connectivity index (χ2v) is 6.94. The number of hydrogen-bond acceptors (Lipinski definition) is 4. The number of carbonyl (C=O) groups is 1. The van der Waals surface area contributed by atoms with E-state index in [0.717, 1.165) is 43.9 Å². The molecule has 3 rings (SSSR count). The van der Waals surface area contributed by atoms with Gasteiger partial charge in [-0.1, -0.05) is 60.7 Å². The van der Waals surface area contributed by atoms with Crippen molar-refractivity contribution in [1.29, 1.82) is 0 Å². The van der Waals surface area contributed by atoms with E-state index >= 15 is 0 Å². The van der Waals surface area contributed by atoms with Gasteiger partial charge in [0, 0.05) is 38.6 Å². The van der Waals surface area contributed by atoms with Gasteiger partial charge in [0.05, 0.1) is 6.42 Å². The van der Waals surface area contributed by atoms with Gasteiger partial charge in [-0.3, -0.25) is 9.69 Å². The van der Waals surface area contributed by atoms with Crippen molar-refractivity contribution in [3.8, 4) is 0 Å². The standard InChI is InChI=1S/C22H28N2O2.2ClH/c1-23-12-14-24(15-13-23)16-17-26-22(25)18-21(19-8-4-2-5-9-19)20-10-6-3-7-11-20;;/h2-11,21H,12-18H2,1H3;2*1H. The van der Waals surface area contributed by atoms with Crippen LogP contribution in [0.3, 0.4) is 0 Å². The van der Waals surface area contributed by atoms with Crippen molar-refractivity contribution in [2.75, 3.05) is 46.4 Å². The fourth-order valence-electron chi connectivity index (χ4n) is 3.38. The number of hydrogen-bond donors (Lipinski definition) is 0. The Labute approximate surface area is 180 Å². The summed E-state index contributed by atoms with van der Waals surface area (Å²) in [7, 11) is 2.14. The quantitative estimate of drug-likeness (QED) is 0.631. The van der Waals surface area contributed by atoms with Crippen LogP contribution in [0.5, 0.6) is 0 Å². The van der Waals surface area contributed by atoms with Crippen molar-refractivity contribution in [3.05, 3.63) is 71.8 Å². The molecule has 0 aromatic heterocycles. The Morgan fingerprint density at radius 3 is 1.89 bits per heavy atom. The minimum atomic E-state index is -0.128. The van der Waals surface area contributed by atoms with Gasteiger partial charge < -0.3 is 9.64 Å². The molecule has 1 saturated heterocycles. The maximum Gasteiger partial charge on any atom is 0.306 e. The average molecular weight is 425 g/mol. The van der Waals surface area contributed by atoms with E-state index in [1.807, 2.05) is 36.4 Å². The third-order valence-corrected chi connectivity index (χ3v) is 5.04. The van der Waals surface area contributed by atoms with Crippen LogP contribution < -0.4 is 0 Å². The Bertz CT molecular complexity index is 638. The lowest BCUT2D eigenvalue weighted by atomic mass is 9.89. The summed E-state index contributed by atoms with van der Waals surface area (Å²) in [5.41, 5.74) is 2.30. The van der Waals surface area contributed by atoms with Crippen LogP contribution in [-0.4, -0.2) is 62.1 Å². The van der Waals surface area contributed by atoms with Gasteiger partial charge in [0.25, 0.3) is 0 Å². The van der Waals surface area contributed by atoms with Gasteiger partial charge in [-0.05, 0) is 18.2 Å².